The first-order valence-electron chi connectivity index (χ1n) is 7.92. The fraction of sp³-hybridized carbons (Fsp3) is 0.105. The zero-order chi connectivity index (χ0) is 19.4. The summed E-state index contributed by atoms with van der Waals surface area (Å²) in [6.07, 6.45) is 1.56. The topological polar surface area (TPSA) is 75.7 Å². The Morgan fingerprint density at radius 3 is 2.59 bits per heavy atom. The van der Waals surface area contributed by atoms with E-state index in [1.54, 1.807) is 30.3 Å². The van der Waals surface area contributed by atoms with Gasteiger partial charge in [-0.05, 0) is 48.2 Å². The van der Waals surface area contributed by atoms with Crippen molar-refractivity contribution in [2.75, 3.05) is 19.0 Å². The summed E-state index contributed by atoms with van der Waals surface area (Å²) >= 11 is 0.759. The molecule has 138 valence electrons. The van der Waals surface area contributed by atoms with Gasteiger partial charge in [-0.3, -0.25) is 19.3 Å². The van der Waals surface area contributed by atoms with E-state index in [0.717, 1.165) is 16.7 Å². The molecule has 0 bridgehead atoms. The SMILES string of the molecule is COc1ccccc1/C=C1\SC(=O)N(CC(=O)Nc2ccc(F)cc2)C1=O. The van der Waals surface area contributed by atoms with Crippen LogP contribution in [0.5, 0.6) is 5.75 Å². The molecule has 1 fully saturated rings. The van der Waals surface area contributed by atoms with Gasteiger partial charge in [0.15, 0.2) is 0 Å². The van der Waals surface area contributed by atoms with Gasteiger partial charge in [-0.15, -0.1) is 0 Å². The van der Waals surface area contributed by atoms with Gasteiger partial charge in [0.25, 0.3) is 11.1 Å². The molecule has 3 amide bonds. The summed E-state index contributed by atoms with van der Waals surface area (Å²) in [4.78, 5) is 37.8. The summed E-state index contributed by atoms with van der Waals surface area (Å²) in [5.41, 5.74) is 1.03. The summed E-state index contributed by atoms with van der Waals surface area (Å²) in [5, 5.41) is 1.99. The molecular formula is C19H15FN2O4S. The van der Waals surface area contributed by atoms with Crippen LogP contribution in [0.15, 0.2) is 53.4 Å². The number of hydrogen-bond donors (Lipinski definition) is 1. The highest BCUT2D eigenvalue weighted by atomic mass is 32.2. The summed E-state index contributed by atoms with van der Waals surface area (Å²) in [7, 11) is 1.51. The van der Waals surface area contributed by atoms with Crippen molar-refractivity contribution in [1.29, 1.82) is 0 Å². The zero-order valence-electron chi connectivity index (χ0n) is 14.3. The number of thioether (sulfide) groups is 1. The number of carbonyl (C=O) groups excluding carboxylic acids is 3. The van der Waals surface area contributed by atoms with Crippen molar-refractivity contribution in [3.05, 3.63) is 64.8 Å². The number of imide groups is 1. The van der Waals surface area contributed by atoms with Crippen molar-refractivity contribution in [1.82, 2.24) is 4.90 Å². The van der Waals surface area contributed by atoms with Gasteiger partial charge in [0.2, 0.25) is 5.91 Å². The Morgan fingerprint density at radius 2 is 1.89 bits per heavy atom. The molecule has 0 aliphatic carbocycles. The number of ether oxygens (including phenoxy) is 1. The van der Waals surface area contributed by atoms with Crippen LogP contribution >= 0.6 is 11.8 Å². The highest BCUT2D eigenvalue weighted by Crippen LogP contribution is 2.33. The van der Waals surface area contributed by atoms with Gasteiger partial charge in [-0.25, -0.2) is 4.39 Å². The molecule has 0 unspecified atom stereocenters. The number of hydrogen-bond acceptors (Lipinski definition) is 5. The van der Waals surface area contributed by atoms with E-state index in [4.69, 9.17) is 4.74 Å². The molecule has 0 atom stereocenters. The monoisotopic (exact) mass is 386 g/mol. The first-order chi connectivity index (χ1) is 13.0. The number of rotatable bonds is 5. The molecule has 1 aliphatic heterocycles. The number of carbonyl (C=O) groups is 3. The maximum absolute atomic E-state index is 12.9. The smallest absolute Gasteiger partial charge is 0.294 e. The molecule has 0 spiro atoms. The predicted molar refractivity (Wildman–Crippen MR) is 101 cm³/mol. The summed E-state index contributed by atoms with van der Waals surface area (Å²) in [6.45, 7) is -0.425. The highest BCUT2D eigenvalue weighted by molar-refractivity contribution is 8.18. The molecule has 2 aromatic rings. The normalized spacial score (nSPS) is 15.3. The van der Waals surface area contributed by atoms with E-state index in [1.165, 1.54) is 31.4 Å². The Labute approximate surface area is 159 Å². The van der Waals surface area contributed by atoms with Crippen LogP contribution < -0.4 is 10.1 Å². The molecule has 0 radical (unpaired) electrons. The van der Waals surface area contributed by atoms with E-state index in [2.05, 4.69) is 5.32 Å². The van der Waals surface area contributed by atoms with Crippen molar-refractivity contribution in [3.63, 3.8) is 0 Å². The number of nitrogens with zero attached hydrogens (tertiary/aromatic N) is 1. The van der Waals surface area contributed by atoms with Crippen LogP contribution in [-0.2, 0) is 9.59 Å². The second-order valence-corrected chi connectivity index (χ2v) is 6.56. The third-order valence-corrected chi connectivity index (χ3v) is 4.64. The third-order valence-electron chi connectivity index (χ3n) is 3.73. The zero-order valence-corrected chi connectivity index (χ0v) is 15.1. The van der Waals surface area contributed by atoms with Crippen molar-refractivity contribution in [2.45, 2.75) is 0 Å². The molecule has 0 saturated carbocycles. The third kappa shape index (κ3) is 4.35. The van der Waals surface area contributed by atoms with Gasteiger partial charge < -0.3 is 10.1 Å². The second-order valence-electron chi connectivity index (χ2n) is 5.56. The van der Waals surface area contributed by atoms with E-state index < -0.39 is 29.4 Å². The van der Waals surface area contributed by atoms with E-state index in [0.29, 0.717) is 17.0 Å². The highest BCUT2D eigenvalue weighted by Gasteiger charge is 2.36. The van der Waals surface area contributed by atoms with Gasteiger partial charge >= 0.3 is 0 Å². The maximum Gasteiger partial charge on any atom is 0.294 e. The van der Waals surface area contributed by atoms with Crippen LogP contribution in [-0.4, -0.2) is 35.6 Å². The Hall–Kier alpha value is -3.13. The number of nitrogens with one attached hydrogen (secondary N) is 1. The van der Waals surface area contributed by atoms with Crippen molar-refractivity contribution < 1.29 is 23.5 Å². The average molecular weight is 386 g/mol. The molecule has 27 heavy (non-hydrogen) atoms. The second kappa shape index (κ2) is 8.05. The minimum absolute atomic E-state index is 0.207. The number of methoxy groups -OCH3 is 1. The molecular weight excluding hydrogens is 371 g/mol. The Bertz CT molecular complexity index is 928. The van der Waals surface area contributed by atoms with Crippen molar-refractivity contribution in [3.8, 4) is 5.75 Å². The number of halogens is 1. The number of benzene rings is 2. The van der Waals surface area contributed by atoms with Crippen LogP contribution in [0.4, 0.5) is 14.9 Å². The van der Waals surface area contributed by atoms with Crippen molar-refractivity contribution in [2.24, 2.45) is 0 Å². The molecule has 3 rings (SSSR count). The van der Waals surface area contributed by atoms with Crippen LogP contribution in [0.1, 0.15) is 5.56 Å². The number of para-hydroxylation sites is 1. The molecule has 1 N–H and O–H groups in total. The van der Waals surface area contributed by atoms with Crippen LogP contribution in [0.2, 0.25) is 0 Å². The van der Waals surface area contributed by atoms with E-state index in [1.807, 2.05) is 0 Å². The fourth-order valence-electron chi connectivity index (χ4n) is 2.44. The van der Waals surface area contributed by atoms with Gasteiger partial charge in [-0.2, -0.15) is 0 Å². The minimum Gasteiger partial charge on any atom is -0.496 e. The summed E-state index contributed by atoms with van der Waals surface area (Å²) < 4.78 is 18.1. The molecule has 2 aromatic carbocycles. The van der Waals surface area contributed by atoms with E-state index in [9.17, 15) is 18.8 Å². The minimum atomic E-state index is -0.553. The van der Waals surface area contributed by atoms with Crippen molar-refractivity contribution >= 4 is 40.6 Å². The van der Waals surface area contributed by atoms with Crippen LogP contribution in [0.3, 0.4) is 0 Å². The van der Waals surface area contributed by atoms with Crippen LogP contribution in [0, 0.1) is 5.82 Å². The molecule has 1 aliphatic rings. The summed E-state index contributed by atoms with van der Waals surface area (Å²) in [6, 6.07) is 12.3. The molecule has 1 saturated heterocycles. The molecule has 0 aromatic heterocycles. The first-order valence-corrected chi connectivity index (χ1v) is 8.73. The predicted octanol–water partition coefficient (Wildman–Crippen LogP) is 3.51. The van der Waals surface area contributed by atoms with Gasteiger partial charge in [-0.1, -0.05) is 18.2 Å². The molecule has 1 heterocycles. The summed E-state index contributed by atoms with van der Waals surface area (Å²) in [5.74, 6) is -0.966. The van der Waals surface area contributed by atoms with E-state index >= 15 is 0 Å². The lowest BCUT2D eigenvalue weighted by Crippen LogP contribution is -2.36. The molecule has 6 nitrogen and oxygen atoms in total. The largest absolute Gasteiger partial charge is 0.496 e. The quantitative estimate of drug-likeness (QED) is 0.796. The molecule has 8 heteroatoms. The number of anilines is 1. The van der Waals surface area contributed by atoms with Gasteiger partial charge in [0.1, 0.15) is 18.1 Å². The maximum atomic E-state index is 12.9. The average Bonchev–Trinajstić information content (AvgIpc) is 2.91. The lowest BCUT2D eigenvalue weighted by Gasteiger charge is -2.12. The lowest BCUT2D eigenvalue weighted by atomic mass is 10.2. The van der Waals surface area contributed by atoms with Gasteiger partial charge in [0.05, 0.1) is 12.0 Å². The first kappa shape index (κ1) is 18.7. The fourth-order valence-corrected chi connectivity index (χ4v) is 3.27. The Kier molecular flexibility index (Phi) is 5.56. The Balaban J connectivity index is 1.71. The standard InChI is InChI=1S/C19H15FN2O4S/c1-26-15-5-3-2-4-12(15)10-16-18(24)22(19(25)27-16)11-17(23)21-14-8-6-13(20)7-9-14/h2-10H,11H2,1H3,(H,21,23)/b16-10-. The van der Waals surface area contributed by atoms with Crippen LogP contribution in [0.25, 0.3) is 6.08 Å². The Morgan fingerprint density at radius 1 is 1.19 bits per heavy atom. The van der Waals surface area contributed by atoms with E-state index in [-0.39, 0.29) is 4.91 Å². The number of amides is 3. The lowest BCUT2D eigenvalue weighted by molar-refractivity contribution is -0.127. The van der Waals surface area contributed by atoms with Gasteiger partial charge in [0, 0.05) is 11.3 Å².